The molecule has 0 heterocycles. The predicted octanol–water partition coefficient (Wildman–Crippen LogP) is 6.22. The van der Waals surface area contributed by atoms with Gasteiger partial charge in [0.15, 0.2) is 0 Å². The summed E-state index contributed by atoms with van der Waals surface area (Å²) in [5, 5.41) is 0. The maximum Gasteiger partial charge on any atom is 0.305 e. The molecule has 0 aromatic heterocycles. The number of rotatable bonds is 8. The minimum atomic E-state index is -0.152. The molecule has 0 amide bonds. The van der Waals surface area contributed by atoms with Crippen molar-refractivity contribution in [3.63, 3.8) is 0 Å². The average Bonchev–Trinajstić information content (AvgIpc) is 2.73. The van der Waals surface area contributed by atoms with E-state index in [1.54, 1.807) is 0 Å². The molecule has 0 radical (unpaired) electrons. The molecule has 3 nitrogen and oxygen atoms in total. The van der Waals surface area contributed by atoms with Crippen molar-refractivity contribution in [1.82, 2.24) is 0 Å². The summed E-state index contributed by atoms with van der Waals surface area (Å²) in [4.78, 5) is 14.4. The summed E-state index contributed by atoms with van der Waals surface area (Å²) in [6, 6.07) is 29.3. The molecule has 0 aliphatic rings. The Hall–Kier alpha value is -3.07. The van der Waals surface area contributed by atoms with Gasteiger partial charge in [-0.1, -0.05) is 66.2 Å². The van der Waals surface area contributed by atoms with Crippen LogP contribution in [0.3, 0.4) is 0 Å². The molecule has 144 valence electrons. The Kier molecular flexibility index (Phi) is 6.85. The number of carbonyl (C=O) groups is 1. The first kappa shape index (κ1) is 19.7. The number of carbonyl (C=O) groups excluding carboxylic acids is 1. The molecule has 3 aromatic carbocycles. The second kappa shape index (κ2) is 9.75. The molecular formula is C25H27NO2. The lowest BCUT2D eigenvalue weighted by Gasteiger charge is -2.34. The summed E-state index contributed by atoms with van der Waals surface area (Å²) in [6.45, 7) is 4.34. The first-order chi connectivity index (χ1) is 13.7. The number of benzene rings is 3. The molecule has 0 aliphatic carbocycles. The van der Waals surface area contributed by atoms with Crippen molar-refractivity contribution in [3.05, 3.63) is 96.1 Å². The minimum absolute atomic E-state index is 0.0238. The predicted molar refractivity (Wildman–Crippen MR) is 115 cm³/mol. The second-order valence-corrected chi connectivity index (χ2v) is 6.81. The van der Waals surface area contributed by atoms with Gasteiger partial charge >= 0.3 is 5.97 Å². The third-order valence-electron chi connectivity index (χ3n) is 4.77. The van der Waals surface area contributed by atoms with Crippen molar-refractivity contribution in [2.75, 3.05) is 11.5 Å². The summed E-state index contributed by atoms with van der Waals surface area (Å²) in [5.74, 6) is -0.152. The highest BCUT2D eigenvalue weighted by Gasteiger charge is 2.23. The van der Waals surface area contributed by atoms with Crippen molar-refractivity contribution in [1.29, 1.82) is 0 Å². The fourth-order valence-corrected chi connectivity index (χ4v) is 3.41. The largest absolute Gasteiger partial charge is 0.466 e. The van der Waals surface area contributed by atoms with Crippen molar-refractivity contribution in [2.24, 2.45) is 0 Å². The Morgan fingerprint density at radius 2 is 1.43 bits per heavy atom. The lowest BCUT2D eigenvalue weighted by Crippen LogP contribution is -2.25. The van der Waals surface area contributed by atoms with Gasteiger partial charge in [0.1, 0.15) is 0 Å². The maximum absolute atomic E-state index is 12.1. The quantitative estimate of drug-likeness (QED) is 0.439. The van der Waals surface area contributed by atoms with Gasteiger partial charge in [-0.05, 0) is 50.1 Å². The molecule has 28 heavy (non-hydrogen) atoms. The molecular weight excluding hydrogens is 346 g/mol. The average molecular weight is 373 g/mol. The number of ether oxygens (including phenoxy) is 1. The monoisotopic (exact) mass is 373 g/mol. The number of hydrogen-bond donors (Lipinski definition) is 0. The molecule has 3 aromatic rings. The van der Waals surface area contributed by atoms with E-state index in [4.69, 9.17) is 4.74 Å². The van der Waals surface area contributed by atoms with Crippen LogP contribution in [0.5, 0.6) is 0 Å². The van der Waals surface area contributed by atoms with Crippen molar-refractivity contribution in [3.8, 4) is 0 Å². The van der Waals surface area contributed by atoms with Crippen LogP contribution in [0.4, 0.5) is 11.4 Å². The fourth-order valence-electron chi connectivity index (χ4n) is 3.41. The summed E-state index contributed by atoms with van der Waals surface area (Å²) in [5.41, 5.74) is 4.61. The van der Waals surface area contributed by atoms with Crippen LogP contribution in [0.25, 0.3) is 0 Å². The maximum atomic E-state index is 12.1. The Morgan fingerprint density at radius 1 is 0.857 bits per heavy atom. The smallest absolute Gasteiger partial charge is 0.305 e. The number of esters is 1. The van der Waals surface area contributed by atoms with Crippen molar-refractivity contribution in [2.45, 2.75) is 32.7 Å². The van der Waals surface area contributed by atoms with Gasteiger partial charge in [-0.25, -0.2) is 0 Å². The normalized spacial score (nSPS) is 11.6. The number of anilines is 2. The van der Waals surface area contributed by atoms with Crippen molar-refractivity contribution < 1.29 is 9.53 Å². The summed E-state index contributed by atoms with van der Waals surface area (Å²) < 4.78 is 5.18. The van der Waals surface area contributed by atoms with Crippen LogP contribution in [0.15, 0.2) is 84.9 Å². The van der Waals surface area contributed by atoms with E-state index in [0.29, 0.717) is 19.4 Å². The van der Waals surface area contributed by atoms with Crippen LogP contribution in [-0.2, 0) is 9.53 Å². The molecule has 3 heteroatoms. The second-order valence-electron chi connectivity index (χ2n) is 6.81. The van der Waals surface area contributed by atoms with E-state index < -0.39 is 0 Å². The van der Waals surface area contributed by atoms with Crippen LogP contribution in [0.2, 0.25) is 0 Å². The van der Waals surface area contributed by atoms with Gasteiger partial charge in [-0.2, -0.15) is 0 Å². The molecule has 3 rings (SSSR count). The third kappa shape index (κ3) is 5.01. The number of nitrogens with zero attached hydrogens (tertiary/aromatic N) is 1. The van der Waals surface area contributed by atoms with Gasteiger partial charge in [-0.3, -0.25) is 4.79 Å². The van der Waals surface area contributed by atoms with Gasteiger partial charge in [0, 0.05) is 17.8 Å². The zero-order valence-electron chi connectivity index (χ0n) is 16.5. The van der Waals surface area contributed by atoms with E-state index in [1.807, 2.05) is 43.3 Å². The van der Waals surface area contributed by atoms with Gasteiger partial charge in [-0.15, -0.1) is 0 Å². The SMILES string of the molecule is CCOC(=O)CC[C@@H](c1ccccc1)N(c1ccccc1)c1ccc(C)cc1. The summed E-state index contributed by atoms with van der Waals surface area (Å²) in [7, 11) is 0. The number of hydrogen-bond acceptors (Lipinski definition) is 3. The van der Waals surface area contributed by atoms with Gasteiger partial charge in [0.05, 0.1) is 12.6 Å². The molecule has 0 spiro atoms. The Labute approximate surface area is 167 Å². The Morgan fingerprint density at radius 3 is 2.04 bits per heavy atom. The molecule has 0 N–H and O–H groups in total. The van der Waals surface area contributed by atoms with Gasteiger partial charge in [0.25, 0.3) is 0 Å². The molecule has 1 atom stereocenters. The zero-order chi connectivity index (χ0) is 19.8. The first-order valence-electron chi connectivity index (χ1n) is 9.80. The Bertz CT molecular complexity index is 860. The third-order valence-corrected chi connectivity index (χ3v) is 4.77. The molecule has 0 unspecified atom stereocenters. The van der Waals surface area contributed by atoms with E-state index in [0.717, 1.165) is 11.4 Å². The van der Waals surface area contributed by atoms with E-state index in [-0.39, 0.29) is 12.0 Å². The van der Waals surface area contributed by atoms with Crippen LogP contribution < -0.4 is 4.90 Å². The van der Waals surface area contributed by atoms with Crippen LogP contribution in [0, 0.1) is 6.92 Å². The first-order valence-corrected chi connectivity index (χ1v) is 9.80. The lowest BCUT2D eigenvalue weighted by atomic mass is 9.98. The number of para-hydroxylation sites is 1. The van der Waals surface area contributed by atoms with Crippen molar-refractivity contribution >= 4 is 17.3 Å². The van der Waals surface area contributed by atoms with Crippen LogP contribution >= 0.6 is 0 Å². The fraction of sp³-hybridized carbons (Fsp3) is 0.240. The van der Waals surface area contributed by atoms with Crippen LogP contribution in [0.1, 0.15) is 36.9 Å². The van der Waals surface area contributed by atoms with E-state index in [1.165, 1.54) is 11.1 Å². The zero-order valence-corrected chi connectivity index (χ0v) is 16.5. The molecule has 0 aliphatic heterocycles. The number of aryl methyl sites for hydroxylation is 1. The summed E-state index contributed by atoms with van der Waals surface area (Å²) >= 11 is 0. The highest BCUT2D eigenvalue weighted by atomic mass is 16.5. The molecule has 0 fully saturated rings. The molecule has 0 bridgehead atoms. The van der Waals surface area contributed by atoms with E-state index >= 15 is 0 Å². The Balaban J connectivity index is 2.02. The lowest BCUT2D eigenvalue weighted by molar-refractivity contribution is -0.143. The van der Waals surface area contributed by atoms with Gasteiger partial charge in [0.2, 0.25) is 0 Å². The highest BCUT2D eigenvalue weighted by Crippen LogP contribution is 2.37. The van der Waals surface area contributed by atoms with Gasteiger partial charge < -0.3 is 9.64 Å². The molecule has 0 saturated carbocycles. The molecule has 0 saturated heterocycles. The topological polar surface area (TPSA) is 29.5 Å². The van der Waals surface area contributed by atoms with Crippen LogP contribution in [-0.4, -0.2) is 12.6 Å². The van der Waals surface area contributed by atoms with E-state index in [9.17, 15) is 4.79 Å². The highest BCUT2D eigenvalue weighted by molar-refractivity contribution is 5.70. The minimum Gasteiger partial charge on any atom is -0.466 e. The summed E-state index contributed by atoms with van der Waals surface area (Å²) in [6.07, 6.45) is 1.05. The standard InChI is InChI=1S/C25H27NO2/c1-3-28-25(27)19-18-24(21-10-6-4-7-11-21)26(22-12-8-5-9-13-22)23-16-14-20(2)15-17-23/h4-17,24H,3,18-19H2,1-2H3/t24-/m0/s1. The van der Waals surface area contributed by atoms with E-state index in [2.05, 4.69) is 60.4 Å².